The first-order chi connectivity index (χ1) is 8.32. The maximum Gasteiger partial charge on any atom is 0.319 e. The highest BCUT2D eigenvalue weighted by Gasteiger charge is 2.27. The van der Waals surface area contributed by atoms with E-state index in [0.717, 1.165) is 12.5 Å². The van der Waals surface area contributed by atoms with Gasteiger partial charge in [0.25, 0.3) is 0 Å². The normalized spacial score (nSPS) is 11.1. The summed E-state index contributed by atoms with van der Waals surface area (Å²) < 4.78 is 5.56. The van der Waals surface area contributed by atoms with Crippen molar-refractivity contribution in [3.63, 3.8) is 0 Å². The van der Waals surface area contributed by atoms with E-state index in [1.165, 1.54) is 11.1 Å². The lowest BCUT2D eigenvalue weighted by Gasteiger charge is -2.23. The van der Waals surface area contributed by atoms with Gasteiger partial charge >= 0.3 is 5.97 Å². The smallest absolute Gasteiger partial charge is 0.319 e. The first-order valence-electron chi connectivity index (χ1n) is 6.25. The molecule has 0 spiro atoms. The van der Waals surface area contributed by atoms with Crippen molar-refractivity contribution in [2.45, 2.75) is 39.4 Å². The van der Waals surface area contributed by atoms with Crippen LogP contribution in [0.3, 0.4) is 0 Å². The van der Waals surface area contributed by atoms with E-state index in [9.17, 15) is 4.79 Å². The number of carbonyl (C=O) groups is 1. The van der Waals surface area contributed by atoms with Gasteiger partial charge in [0.15, 0.2) is 0 Å². The quantitative estimate of drug-likeness (QED) is 0.595. The molecule has 18 heavy (non-hydrogen) atoms. The maximum atomic E-state index is 11.5. The summed E-state index contributed by atoms with van der Waals surface area (Å²) >= 11 is 0. The number of hydrogen-bond acceptors (Lipinski definition) is 2. The summed E-state index contributed by atoms with van der Waals surface area (Å²) in [6.45, 7) is 11.6. The van der Waals surface area contributed by atoms with E-state index in [1.54, 1.807) is 6.92 Å². The minimum absolute atomic E-state index is 0.253. The number of benzene rings is 1. The van der Waals surface area contributed by atoms with Crippen LogP contribution in [0.2, 0.25) is 19.1 Å². The van der Waals surface area contributed by atoms with Gasteiger partial charge in [0.05, 0.1) is 0 Å². The van der Waals surface area contributed by atoms with Crippen molar-refractivity contribution in [1.29, 1.82) is 0 Å². The Bertz CT molecular complexity index is 450. The monoisotopic (exact) mass is 262 g/mol. The average molecular weight is 262 g/mol. The van der Waals surface area contributed by atoms with Crippen molar-refractivity contribution >= 4 is 14.3 Å². The molecule has 0 saturated carbocycles. The molecule has 2 nitrogen and oxygen atoms in total. The van der Waals surface area contributed by atoms with Gasteiger partial charge in [0, 0.05) is 5.57 Å². The summed E-state index contributed by atoms with van der Waals surface area (Å²) in [6.07, 6.45) is 0.968. The van der Waals surface area contributed by atoms with Gasteiger partial charge in [-0.2, -0.15) is 0 Å². The molecule has 0 amide bonds. The van der Waals surface area contributed by atoms with E-state index in [-0.39, 0.29) is 5.97 Å². The second-order valence-corrected chi connectivity index (χ2v) is 9.58. The Labute approximate surface area is 111 Å². The van der Waals surface area contributed by atoms with Crippen molar-refractivity contribution in [1.82, 2.24) is 0 Å². The number of aryl methyl sites for hydroxylation is 2. The van der Waals surface area contributed by atoms with Crippen molar-refractivity contribution in [3.8, 4) is 0 Å². The SMILES string of the molecule is C=C(C)C(=O)O[Si](C)(C)CCc1ccccc1C. The molecule has 0 radical (unpaired) electrons. The van der Waals surface area contributed by atoms with Gasteiger partial charge in [0.1, 0.15) is 0 Å². The lowest BCUT2D eigenvalue weighted by atomic mass is 10.1. The molecule has 98 valence electrons. The molecule has 1 aromatic rings. The zero-order valence-corrected chi connectivity index (χ0v) is 12.7. The van der Waals surface area contributed by atoms with Gasteiger partial charge in [-0.3, -0.25) is 0 Å². The molecule has 0 fully saturated rings. The largest absolute Gasteiger partial charge is 0.516 e. The molecule has 0 aliphatic rings. The van der Waals surface area contributed by atoms with Crippen molar-refractivity contribution in [2.24, 2.45) is 0 Å². The molecule has 0 unspecified atom stereocenters. The fraction of sp³-hybridized carbons (Fsp3) is 0.400. The Balaban J connectivity index is 2.59. The van der Waals surface area contributed by atoms with Gasteiger partial charge in [-0.05, 0) is 50.5 Å². The second-order valence-electron chi connectivity index (χ2n) is 5.36. The van der Waals surface area contributed by atoms with E-state index in [2.05, 4.69) is 44.8 Å². The van der Waals surface area contributed by atoms with E-state index in [4.69, 9.17) is 4.43 Å². The zero-order valence-electron chi connectivity index (χ0n) is 11.7. The molecule has 0 bridgehead atoms. The summed E-state index contributed by atoms with van der Waals surface area (Å²) in [5, 5.41) is 0. The molecular weight excluding hydrogens is 240 g/mol. The second kappa shape index (κ2) is 6.00. The molecule has 1 rings (SSSR count). The summed E-state index contributed by atoms with van der Waals surface area (Å²) in [5.74, 6) is -0.253. The molecule has 0 aliphatic carbocycles. The highest BCUT2D eigenvalue weighted by molar-refractivity contribution is 6.72. The van der Waals surface area contributed by atoms with E-state index in [0.29, 0.717) is 5.57 Å². The Hall–Kier alpha value is -1.35. The van der Waals surface area contributed by atoms with Crippen LogP contribution >= 0.6 is 0 Å². The standard InChI is InChI=1S/C15H22O2Si/c1-12(2)15(16)17-18(4,5)11-10-14-9-7-6-8-13(14)3/h6-9H,1,10-11H2,2-5H3. The molecule has 0 saturated heterocycles. The van der Waals surface area contributed by atoms with Crippen molar-refractivity contribution in [2.75, 3.05) is 0 Å². The van der Waals surface area contributed by atoms with Crippen molar-refractivity contribution < 1.29 is 9.22 Å². The van der Waals surface area contributed by atoms with E-state index < -0.39 is 8.32 Å². The average Bonchev–Trinajstić information content (AvgIpc) is 2.27. The Morgan fingerprint density at radius 3 is 2.50 bits per heavy atom. The Kier molecular flexibility index (Phi) is 4.90. The number of carbonyl (C=O) groups excluding carboxylic acids is 1. The summed E-state index contributed by atoms with van der Waals surface area (Å²) in [5.41, 5.74) is 3.12. The summed E-state index contributed by atoms with van der Waals surface area (Å²) in [6, 6.07) is 9.29. The molecule has 1 aromatic carbocycles. The van der Waals surface area contributed by atoms with Crippen LogP contribution in [-0.2, 0) is 15.6 Å². The van der Waals surface area contributed by atoms with Crippen LogP contribution in [0.4, 0.5) is 0 Å². The third-order valence-corrected chi connectivity index (χ3v) is 5.17. The molecule has 0 atom stereocenters. The summed E-state index contributed by atoms with van der Waals surface area (Å²) in [7, 11) is -1.95. The fourth-order valence-electron chi connectivity index (χ4n) is 1.72. The van der Waals surface area contributed by atoms with Crippen LogP contribution in [-0.4, -0.2) is 14.3 Å². The highest BCUT2D eigenvalue weighted by Crippen LogP contribution is 2.18. The van der Waals surface area contributed by atoms with Gasteiger partial charge in [-0.1, -0.05) is 30.8 Å². The lowest BCUT2D eigenvalue weighted by molar-refractivity contribution is -0.130. The van der Waals surface area contributed by atoms with Gasteiger partial charge < -0.3 is 4.43 Å². The predicted octanol–water partition coefficient (Wildman–Crippen LogP) is 3.86. The highest BCUT2D eigenvalue weighted by atomic mass is 28.4. The van der Waals surface area contributed by atoms with E-state index in [1.807, 2.05) is 6.07 Å². The van der Waals surface area contributed by atoms with Gasteiger partial charge in [-0.25, -0.2) is 4.79 Å². The first kappa shape index (κ1) is 14.7. The van der Waals surface area contributed by atoms with Crippen LogP contribution in [0.15, 0.2) is 36.4 Å². The van der Waals surface area contributed by atoms with Crippen LogP contribution in [0.5, 0.6) is 0 Å². The maximum absolute atomic E-state index is 11.5. The minimum Gasteiger partial charge on any atom is -0.516 e. The van der Waals surface area contributed by atoms with E-state index >= 15 is 0 Å². The minimum atomic E-state index is -1.95. The number of hydrogen-bond donors (Lipinski definition) is 0. The van der Waals surface area contributed by atoms with Crippen LogP contribution < -0.4 is 0 Å². The predicted molar refractivity (Wildman–Crippen MR) is 78.1 cm³/mol. The first-order valence-corrected chi connectivity index (χ1v) is 9.37. The van der Waals surface area contributed by atoms with Crippen LogP contribution in [0.25, 0.3) is 0 Å². The van der Waals surface area contributed by atoms with Crippen LogP contribution in [0.1, 0.15) is 18.1 Å². The molecule has 3 heteroatoms. The molecular formula is C15H22O2Si. The third-order valence-electron chi connectivity index (χ3n) is 2.98. The van der Waals surface area contributed by atoms with Crippen LogP contribution in [0, 0.1) is 6.92 Å². The summed E-state index contributed by atoms with van der Waals surface area (Å²) in [4.78, 5) is 11.5. The molecule has 0 N–H and O–H groups in total. The number of rotatable bonds is 5. The van der Waals surface area contributed by atoms with Crippen molar-refractivity contribution in [3.05, 3.63) is 47.5 Å². The molecule has 0 heterocycles. The van der Waals surface area contributed by atoms with Gasteiger partial charge in [-0.15, -0.1) is 0 Å². The third kappa shape index (κ3) is 4.49. The fourth-order valence-corrected chi connectivity index (χ4v) is 3.36. The Morgan fingerprint density at radius 2 is 1.94 bits per heavy atom. The van der Waals surface area contributed by atoms with Gasteiger partial charge in [0.2, 0.25) is 8.32 Å². The Morgan fingerprint density at radius 1 is 1.33 bits per heavy atom. The lowest BCUT2D eigenvalue weighted by Crippen LogP contribution is -2.34. The molecule has 0 aromatic heterocycles. The molecule has 0 aliphatic heterocycles. The topological polar surface area (TPSA) is 26.3 Å². The zero-order chi connectivity index (χ0) is 13.8.